The van der Waals surface area contributed by atoms with E-state index in [4.69, 9.17) is 39.5 Å². The Morgan fingerprint density at radius 2 is 2.05 bits per heavy atom. The molecule has 0 bridgehead atoms. The lowest BCUT2D eigenvalue weighted by atomic mass is 9.97. The van der Waals surface area contributed by atoms with Crippen LogP contribution in [0.25, 0.3) is 0 Å². The molecule has 6 heteroatoms. The fraction of sp³-hybridized carbons (Fsp3) is 0.462. The molecule has 2 nitrogen and oxygen atoms in total. The van der Waals surface area contributed by atoms with Crippen LogP contribution < -0.4 is 0 Å². The van der Waals surface area contributed by atoms with Gasteiger partial charge in [0.05, 0.1) is 5.38 Å². The van der Waals surface area contributed by atoms with Gasteiger partial charge < -0.3 is 4.74 Å². The maximum absolute atomic E-state index is 11.0. The molecule has 0 N–H and O–H groups in total. The maximum Gasteiger partial charge on any atom is 0.303 e. The van der Waals surface area contributed by atoms with Crippen molar-refractivity contribution in [3.05, 3.63) is 35.9 Å². The van der Waals surface area contributed by atoms with Crippen LogP contribution in [0.3, 0.4) is 0 Å². The minimum Gasteiger partial charge on any atom is -0.448 e. The highest BCUT2D eigenvalue weighted by molar-refractivity contribution is 8.00. The van der Waals surface area contributed by atoms with E-state index in [0.29, 0.717) is 5.75 Å². The van der Waals surface area contributed by atoms with Gasteiger partial charge in [-0.1, -0.05) is 53.5 Å². The van der Waals surface area contributed by atoms with Gasteiger partial charge in [-0.2, -0.15) is 0 Å². The molecule has 3 atom stereocenters. The van der Waals surface area contributed by atoms with Crippen molar-refractivity contribution in [2.45, 2.75) is 22.1 Å². The van der Waals surface area contributed by atoms with E-state index in [1.54, 1.807) is 0 Å². The van der Waals surface area contributed by atoms with Gasteiger partial charge in [0.1, 0.15) is 0 Å². The second-order valence-electron chi connectivity index (χ2n) is 4.37. The lowest BCUT2D eigenvalue weighted by molar-refractivity contribution is -0.142. The third-order valence-electron chi connectivity index (χ3n) is 2.98. The van der Waals surface area contributed by atoms with E-state index in [1.165, 1.54) is 18.7 Å². The van der Waals surface area contributed by atoms with Crippen LogP contribution in [-0.2, 0) is 9.53 Å². The number of benzene rings is 1. The van der Waals surface area contributed by atoms with Gasteiger partial charge in [0.15, 0.2) is 9.77 Å². The van der Waals surface area contributed by atoms with Gasteiger partial charge in [-0.25, -0.2) is 0 Å². The fourth-order valence-corrected chi connectivity index (χ4v) is 5.16. The van der Waals surface area contributed by atoms with Crippen molar-refractivity contribution in [1.29, 1.82) is 0 Å². The van der Waals surface area contributed by atoms with Gasteiger partial charge >= 0.3 is 5.97 Å². The largest absolute Gasteiger partial charge is 0.448 e. The van der Waals surface area contributed by atoms with E-state index >= 15 is 0 Å². The average Bonchev–Trinajstić information content (AvgIpc) is 2.65. The summed E-state index contributed by atoms with van der Waals surface area (Å²) in [5, 5.41) is -0.316. The average molecular weight is 340 g/mol. The first-order chi connectivity index (χ1) is 8.93. The zero-order valence-corrected chi connectivity index (χ0v) is 13.3. The van der Waals surface area contributed by atoms with Crippen molar-refractivity contribution in [2.75, 3.05) is 5.75 Å². The van der Waals surface area contributed by atoms with Crippen LogP contribution in [0.1, 0.15) is 17.9 Å². The molecule has 1 heterocycles. The summed E-state index contributed by atoms with van der Waals surface area (Å²) in [6.07, 6.45) is 0. The lowest BCUT2D eigenvalue weighted by Crippen LogP contribution is -2.35. The number of hydrogen-bond donors (Lipinski definition) is 0. The Morgan fingerprint density at radius 3 is 2.63 bits per heavy atom. The summed E-state index contributed by atoms with van der Waals surface area (Å²) in [7, 11) is 0. The molecule has 1 aromatic carbocycles. The normalized spacial score (nSPS) is 26.9. The number of esters is 1. The number of carbonyl (C=O) groups is 1. The second-order valence-corrected chi connectivity index (χ2v) is 7.38. The van der Waals surface area contributed by atoms with Crippen LogP contribution in [-0.4, -0.2) is 21.5 Å². The standard InChI is InChI=1S/C13H13Cl3O2S/c1-8(17)18-12-13(15,16)10(7-19-12)11(14)9-5-3-2-4-6-9/h2-6,10-12H,7H2,1H3/t10-,11?,12-/m1/s1. The number of halogens is 3. The molecule has 2 rings (SSSR count). The highest BCUT2D eigenvalue weighted by Gasteiger charge is 2.53. The van der Waals surface area contributed by atoms with Crippen LogP contribution in [0.2, 0.25) is 0 Å². The molecule has 0 amide bonds. The summed E-state index contributed by atoms with van der Waals surface area (Å²) in [6, 6.07) is 9.63. The van der Waals surface area contributed by atoms with Crippen LogP contribution in [0.4, 0.5) is 0 Å². The van der Waals surface area contributed by atoms with Gasteiger partial charge in [0.25, 0.3) is 0 Å². The topological polar surface area (TPSA) is 26.3 Å². The predicted molar refractivity (Wildman–Crippen MR) is 81.0 cm³/mol. The van der Waals surface area contributed by atoms with Crippen LogP contribution in [0.5, 0.6) is 0 Å². The van der Waals surface area contributed by atoms with E-state index < -0.39 is 15.7 Å². The molecule has 1 fully saturated rings. The number of ether oxygens (including phenoxy) is 1. The smallest absolute Gasteiger partial charge is 0.303 e. The number of carbonyl (C=O) groups excluding carboxylic acids is 1. The molecule has 1 unspecified atom stereocenters. The molecule has 0 radical (unpaired) electrons. The minimum absolute atomic E-state index is 0.186. The van der Waals surface area contributed by atoms with Gasteiger partial charge in [-0.05, 0) is 5.56 Å². The summed E-state index contributed by atoms with van der Waals surface area (Å²) in [5.41, 5.74) is 0.382. The molecule has 0 spiro atoms. The fourth-order valence-electron chi connectivity index (χ4n) is 2.00. The van der Waals surface area contributed by atoms with E-state index in [1.807, 2.05) is 30.3 Å². The Balaban J connectivity index is 2.16. The first kappa shape index (κ1) is 15.3. The Morgan fingerprint density at radius 1 is 1.42 bits per heavy atom. The van der Waals surface area contributed by atoms with Crippen LogP contribution >= 0.6 is 46.6 Å². The summed E-state index contributed by atoms with van der Waals surface area (Å²) < 4.78 is 3.96. The Bertz CT molecular complexity index is 452. The van der Waals surface area contributed by atoms with E-state index in [0.717, 1.165) is 5.56 Å². The van der Waals surface area contributed by atoms with E-state index in [9.17, 15) is 4.79 Å². The number of hydrogen-bond acceptors (Lipinski definition) is 3. The molecule has 0 aromatic heterocycles. The van der Waals surface area contributed by atoms with Crippen molar-refractivity contribution in [3.63, 3.8) is 0 Å². The summed E-state index contributed by atoms with van der Waals surface area (Å²) in [5.74, 6) is 0.0671. The van der Waals surface area contributed by atoms with Gasteiger partial charge in [0, 0.05) is 18.6 Å². The molecule has 1 aromatic rings. The van der Waals surface area contributed by atoms with Crippen molar-refractivity contribution >= 4 is 52.5 Å². The quantitative estimate of drug-likeness (QED) is 0.603. The van der Waals surface area contributed by atoms with Crippen molar-refractivity contribution < 1.29 is 9.53 Å². The maximum atomic E-state index is 11.0. The van der Waals surface area contributed by atoms with Crippen LogP contribution in [0, 0.1) is 5.92 Å². The predicted octanol–water partition coefficient (Wildman–Crippen LogP) is 4.39. The highest BCUT2D eigenvalue weighted by atomic mass is 35.5. The van der Waals surface area contributed by atoms with E-state index in [-0.39, 0.29) is 11.3 Å². The van der Waals surface area contributed by atoms with Gasteiger partial charge in [0.2, 0.25) is 0 Å². The van der Waals surface area contributed by atoms with E-state index in [2.05, 4.69) is 0 Å². The third kappa shape index (κ3) is 3.33. The molecule has 1 aliphatic heterocycles. The zero-order chi connectivity index (χ0) is 14.0. The monoisotopic (exact) mass is 338 g/mol. The van der Waals surface area contributed by atoms with Crippen molar-refractivity contribution in [3.8, 4) is 0 Å². The zero-order valence-electron chi connectivity index (χ0n) is 10.2. The molecule has 19 heavy (non-hydrogen) atoms. The molecule has 1 saturated heterocycles. The summed E-state index contributed by atoms with van der Waals surface area (Å²) in [4.78, 5) is 11.0. The molecule has 0 saturated carbocycles. The Labute approximate surface area is 131 Å². The minimum atomic E-state index is -1.18. The number of thioether (sulfide) groups is 1. The number of rotatable bonds is 3. The summed E-state index contributed by atoms with van der Waals surface area (Å²) in [6.45, 7) is 1.34. The first-order valence-electron chi connectivity index (χ1n) is 5.78. The molecule has 0 aliphatic carbocycles. The Hall–Kier alpha value is -0.0900. The van der Waals surface area contributed by atoms with Crippen molar-refractivity contribution in [2.24, 2.45) is 5.92 Å². The van der Waals surface area contributed by atoms with Crippen LogP contribution in [0.15, 0.2) is 30.3 Å². The SMILES string of the molecule is CC(=O)O[C@@H]1SC[C@H](C(Cl)c2ccccc2)C1(Cl)Cl. The summed E-state index contributed by atoms with van der Waals surface area (Å²) >= 11 is 20.6. The third-order valence-corrected chi connectivity index (χ3v) is 6.07. The molecule has 1 aliphatic rings. The van der Waals surface area contributed by atoms with Crippen molar-refractivity contribution in [1.82, 2.24) is 0 Å². The Kier molecular flexibility index (Phi) is 4.93. The second kappa shape index (κ2) is 6.13. The first-order valence-corrected chi connectivity index (χ1v) is 8.02. The molecule has 104 valence electrons. The lowest BCUT2D eigenvalue weighted by Gasteiger charge is -2.29. The van der Waals surface area contributed by atoms with Gasteiger partial charge in [-0.3, -0.25) is 4.79 Å². The highest BCUT2D eigenvalue weighted by Crippen LogP contribution is 2.54. The molecular weight excluding hydrogens is 327 g/mol. The van der Waals surface area contributed by atoms with Gasteiger partial charge in [-0.15, -0.1) is 23.4 Å². The number of alkyl halides is 3. The molecular formula is C13H13Cl3O2S.